The highest BCUT2D eigenvalue weighted by Crippen LogP contribution is 2.43. The minimum absolute atomic E-state index is 0.188. The van der Waals surface area contributed by atoms with Crippen molar-refractivity contribution in [3.63, 3.8) is 0 Å². The lowest BCUT2D eigenvalue weighted by molar-refractivity contribution is -0.121. The summed E-state index contributed by atoms with van der Waals surface area (Å²) >= 11 is 0. The summed E-state index contributed by atoms with van der Waals surface area (Å²) < 4.78 is 6.64. The van der Waals surface area contributed by atoms with E-state index < -0.39 is 41.8 Å². The van der Waals surface area contributed by atoms with E-state index in [2.05, 4.69) is 10.3 Å². The molecule has 0 bridgehead atoms. The van der Waals surface area contributed by atoms with Crippen LogP contribution in [0.1, 0.15) is 19.1 Å². The zero-order chi connectivity index (χ0) is 15.2. The number of rotatable bonds is 2. The van der Waals surface area contributed by atoms with E-state index in [1.165, 1.54) is 6.20 Å². The van der Waals surface area contributed by atoms with E-state index in [1.54, 1.807) is 0 Å². The average molecular weight is 297 g/mol. The summed E-state index contributed by atoms with van der Waals surface area (Å²) in [6, 6.07) is 1.15. The van der Waals surface area contributed by atoms with Gasteiger partial charge in [-0.3, -0.25) is 19.1 Å². The molecule has 3 heterocycles. The number of carbonyl (C=O) groups excluding carboxylic acids is 1. The molecule has 1 aromatic rings. The van der Waals surface area contributed by atoms with Crippen LogP contribution in [-0.2, 0) is 9.53 Å². The van der Waals surface area contributed by atoms with Crippen LogP contribution >= 0.6 is 0 Å². The Bertz CT molecular complexity index is 682. The fraction of sp³-hybridized carbons (Fsp3) is 0.583. The van der Waals surface area contributed by atoms with E-state index in [9.17, 15) is 24.6 Å². The van der Waals surface area contributed by atoms with Crippen LogP contribution in [-0.4, -0.2) is 50.0 Å². The molecule has 2 saturated heterocycles. The number of ether oxygens (including phenoxy) is 1. The maximum Gasteiger partial charge on any atom is 0.330 e. The number of aliphatic hydroxyl groups is 2. The molecule has 4 N–H and O–H groups in total. The van der Waals surface area contributed by atoms with Gasteiger partial charge in [-0.2, -0.15) is 0 Å². The Hall–Kier alpha value is -1.97. The van der Waals surface area contributed by atoms with Crippen LogP contribution in [0.2, 0.25) is 0 Å². The summed E-state index contributed by atoms with van der Waals surface area (Å²) in [5, 5.41) is 22.3. The van der Waals surface area contributed by atoms with Crippen LogP contribution in [0.4, 0.5) is 0 Å². The average Bonchev–Trinajstić information content (AvgIpc) is 2.95. The van der Waals surface area contributed by atoms with Crippen molar-refractivity contribution in [2.75, 3.05) is 6.61 Å². The molecule has 4 atom stereocenters. The molecule has 2 aliphatic heterocycles. The van der Waals surface area contributed by atoms with Crippen molar-refractivity contribution >= 4 is 5.91 Å². The fourth-order valence-electron chi connectivity index (χ4n) is 3.02. The van der Waals surface area contributed by atoms with Crippen molar-refractivity contribution in [3.8, 4) is 0 Å². The van der Waals surface area contributed by atoms with Crippen LogP contribution < -0.4 is 16.6 Å². The van der Waals surface area contributed by atoms with Crippen LogP contribution in [0.25, 0.3) is 0 Å². The van der Waals surface area contributed by atoms with Gasteiger partial charge in [-0.15, -0.1) is 0 Å². The Labute approximate surface area is 118 Å². The van der Waals surface area contributed by atoms with Gasteiger partial charge in [0.05, 0.1) is 6.61 Å². The predicted octanol–water partition coefficient (Wildman–Crippen LogP) is -2.56. The molecule has 1 aromatic heterocycles. The van der Waals surface area contributed by atoms with Crippen LogP contribution in [0.15, 0.2) is 21.9 Å². The van der Waals surface area contributed by atoms with E-state index in [4.69, 9.17) is 4.74 Å². The minimum Gasteiger partial charge on any atom is -0.394 e. The van der Waals surface area contributed by atoms with Crippen LogP contribution in [0.3, 0.4) is 0 Å². The molecular formula is C12H15N3O6. The van der Waals surface area contributed by atoms with Gasteiger partial charge >= 0.3 is 5.69 Å². The molecule has 0 saturated carbocycles. The third-order valence-corrected chi connectivity index (χ3v) is 4.05. The van der Waals surface area contributed by atoms with Gasteiger partial charge in [0, 0.05) is 18.7 Å². The maximum atomic E-state index is 11.9. The van der Waals surface area contributed by atoms with Crippen LogP contribution in [0, 0.1) is 0 Å². The van der Waals surface area contributed by atoms with Gasteiger partial charge in [0.2, 0.25) is 5.91 Å². The quantitative estimate of drug-likeness (QED) is 0.474. The summed E-state index contributed by atoms with van der Waals surface area (Å²) in [7, 11) is 0. The second-order valence-electron chi connectivity index (χ2n) is 5.26. The van der Waals surface area contributed by atoms with Gasteiger partial charge in [-0.05, 0) is 6.42 Å². The van der Waals surface area contributed by atoms with Crippen molar-refractivity contribution in [2.45, 2.75) is 36.8 Å². The maximum absolute atomic E-state index is 11.9. The Morgan fingerprint density at radius 1 is 1.43 bits per heavy atom. The monoisotopic (exact) mass is 297 g/mol. The number of aromatic amines is 1. The second-order valence-corrected chi connectivity index (χ2v) is 5.26. The molecule has 0 aliphatic carbocycles. The number of carbonyl (C=O) groups is 1. The molecule has 9 heteroatoms. The van der Waals surface area contributed by atoms with Gasteiger partial charge in [0.15, 0.2) is 6.23 Å². The Morgan fingerprint density at radius 2 is 2.19 bits per heavy atom. The van der Waals surface area contributed by atoms with E-state index in [0.717, 1.165) is 10.6 Å². The number of nitrogens with one attached hydrogen (secondary N) is 2. The third-order valence-electron chi connectivity index (χ3n) is 4.05. The Balaban J connectivity index is 2.09. The second kappa shape index (κ2) is 4.79. The van der Waals surface area contributed by atoms with Crippen molar-refractivity contribution in [1.82, 2.24) is 14.9 Å². The predicted molar refractivity (Wildman–Crippen MR) is 68.4 cm³/mol. The first-order chi connectivity index (χ1) is 9.98. The summed E-state index contributed by atoms with van der Waals surface area (Å²) in [6.07, 6.45) is -1.39. The van der Waals surface area contributed by atoms with Crippen molar-refractivity contribution in [2.24, 2.45) is 0 Å². The third kappa shape index (κ3) is 2.01. The Morgan fingerprint density at radius 3 is 2.76 bits per heavy atom. The first-order valence-corrected chi connectivity index (χ1v) is 6.55. The lowest BCUT2D eigenvalue weighted by atomic mass is 9.88. The molecule has 2 fully saturated rings. The normalized spacial score (nSPS) is 35.3. The molecule has 1 amide bonds. The van der Waals surface area contributed by atoms with Gasteiger partial charge in [-0.1, -0.05) is 0 Å². The van der Waals surface area contributed by atoms with Gasteiger partial charge in [0.25, 0.3) is 5.56 Å². The molecule has 2 aliphatic rings. The summed E-state index contributed by atoms with van der Waals surface area (Å²) in [5.74, 6) is -0.265. The van der Waals surface area contributed by atoms with Gasteiger partial charge < -0.3 is 20.3 Å². The molecule has 0 aromatic carbocycles. The summed E-state index contributed by atoms with van der Waals surface area (Å²) in [5.41, 5.74) is -2.45. The topological polar surface area (TPSA) is 134 Å². The highest BCUT2D eigenvalue weighted by atomic mass is 16.5. The molecule has 9 nitrogen and oxygen atoms in total. The van der Waals surface area contributed by atoms with E-state index in [1.807, 2.05) is 0 Å². The van der Waals surface area contributed by atoms with E-state index >= 15 is 0 Å². The molecule has 21 heavy (non-hydrogen) atoms. The standard InChI is InChI=1S/C12H15N3O6/c16-5-6-9(19)12(3-1-8(18)14-12)10(21-6)15-4-2-7(17)13-11(15)20/h2,4,6,9-10,16,19H,1,3,5H2,(H,14,18)(H,13,17,20)/t6-,9-,10-,12-/m1/s1. The SMILES string of the molecule is O=C1CC[C@@]2(N1)[C@H](O)[C@@H](CO)O[C@H]2n1ccc(=O)[nH]c1=O. The fourth-order valence-corrected chi connectivity index (χ4v) is 3.02. The number of aromatic nitrogens is 2. The zero-order valence-electron chi connectivity index (χ0n) is 11.0. The highest BCUT2D eigenvalue weighted by Gasteiger charge is 2.60. The number of hydrogen-bond donors (Lipinski definition) is 4. The lowest BCUT2D eigenvalue weighted by Gasteiger charge is -2.32. The van der Waals surface area contributed by atoms with Crippen molar-refractivity contribution in [1.29, 1.82) is 0 Å². The number of H-pyrrole nitrogens is 1. The number of amides is 1. The largest absolute Gasteiger partial charge is 0.394 e. The van der Waals surface area contributed by atoms with Crippen LogP contribution in [0.5, 0.6) is 0 Å². The molecule has 3 rings (SSSR count). The smallest absolute Gasteiger partial charge is 0.330 e. The number of aliphatic hydroxyl groups excluding tert-OH is 2. The molecular weight excluding hydrogens is 282 g/mol. The summed E-state index contributed by atoms with van der Waals surface area (Å²) in [6.45, 7) is -0.451. The zero-order valence-corrected chi connectivity index (χ0v) is 11.0. The number of hydrogen-bond acceptors (Lipinski definition) is 6. The lowest BCUT2D eigenvalue weighted by Crippen LogP contribution is -2.56. The summed E-state index contributed by atoms with van der Waals surface area (Å²) in [4.78, 5) is 36.7. The highest BCUT2D eigenvalue weighted by molar-refractivity contribution is 5.79. The molecule has 0 radical (unpaired) electrons. The Kier molecular flexibility index (Phi) is 3.19. The van der Waals surface area contributed by atoms with Crippen molar-refractivity contribution in [3.05, 3.63) is 33.1 Å². The molecule has 0 unspecified atom stereocenters. The first-order valence-electron chi connectivity index (χ1n) is 6.55. The number of nitrogens with zero attached hydrogens (tertiary/aromatic N) is 1. The molecule has 114 valence electrons. The van der Waals surface area contributed by atoms with E-state index in [-0.39, 0.29) is 18.7 Å². The minimum atomic E-state index is -1.19. The van der Waals surface area contributed by atoms with E-state index in [0.29, 0.717) is 0 Å². The van der Waals surface area contributed by atoms with Gasteiger partial charge in [-0.25, -0.2) is 4.79 Å². The first kappa shape index (κ1) is 14.0. The molecule has 1 spiro atoms. The van der Waals surface area contributed by atoms with Crippen molar-refractivity contribution < 1.29 is 19.7 Å². The van der Waals surface area contributed by atoms with Gasteiger partial charge in [0.1, 0.15) is 17.7 Å².